The number of nitrogens with one attached hydrogen (secondary N) is 2. The molecule has 2 aromatic carbocycles. The van der Waals surface area contributed by atoms with Crippen LogP contribution in [0.25, 0.3) is 0 Å². The molecular weight excluding hydrogens is 380 g/mol. The molecular formula is C20H21ClN4O3. The minimum atomic E-state index is -1.22. The third-order valence-electron chi connectivity index (χ3n) is 4.53. The predicted octanol–water partition coefficient (Wildman–Crippen LogP) is 2.27. The Morgan fingerprint density at radius 3 is 2.57 bits per heavy atom. The van der Waals surface area contributed by atoms with E-state index in [4.69, 9.17) is 11.6 Å². The van der Waals surface area contributed by atoms with Gasteiger partial charge in [0.1, 0.15) is 5.54 Å². The highest BCUT2D eigenvalue weighted by Crippen LogP contribution is 2.27. The minimum absolute atomic E-state index is 0.00558. The van der Waals surface area contributed by atoms with Crippen LogP contribution in [0, 0.1) is 0 Å². The average molecular weight is 401 g/mol. The van der Waals surface area contributed by atoms with E-state index in [1.165, 1.54) is 0 Å². The molecule has 0 aliphatic carbocycles. The Morgan fingerprint density at radius 1 is 1.18 bits per heavy atom. The first-order valence-corrected chi connectivity index (χ1v) is 9.12. The van der Waals surface area contributed by atoms with Crippen LogP contribution in [-0.4, -0.2) is 41.3 Å². The number of rotatable bonds is 6. The maximum absolute atomic E-state index is 12.8. The van der Waals surface area contributed by atoms with Gasteiger partial charge in [-0.2, -0.15) is 5.01 Å². The molecule has 1 atom stereocenters. The molecule has 8 heteroatoms. The zero-order valence-corrected chi connectivity index (χ0v) is 16.4. The second kappa shape index (κ2) is 8.00. The Hall–Kier alpha value is -2.90. The number of benzene rings is 2. The lowest BCUT2D eigenvalue weighted by atomic mass is 9.92. The van der Waals surface area contributed by atoms with E-state index in [-0.39, 0.29) is 6.54 Å². The molecule has 146 valence electrons. The van der Waals surface area contributed by atoms with Crippen molar-refractivity contribution in [3.63, 3.8) is 0 Å². The monoisotopic (exact) mass is 400 g/mol. The van der Waals surface area contributed by atoms with Crippen molar-refractivity contribution >= 4 is 29.4 Å². The van der Waals surface area contributed by atoms with Gasteiger partial charge >= 0.3 is 6.03 Å². The lowest BCUT2D eigenvalue weighted by Gasteiger charge is -2.22. The summed E-state index contributed by atoms with van der Waals surface area (Å²) in [5.41, 5.74) is 2.77. The molecule has 0 spiro atoms. The molecule has 1 aliphatic heterocycles. The molecule has 0 unspecified atom stereocenters. The van der Waals surface area contributed by atoms with E-state index in [9.17, 15) is 14.4 Å². The molecule has 7 nitrogen and oxygen atoms in total. The number of imide groups is 1. The maximum atomic E-state index is 12.8. The number of carbonyl (C=O) groups excluding carboxylic acids is 3. The largest absolute Gasteiger partial charge is 0.344 e. The van der Waals surface area contributed by atoms with E-state index in [2.05, 4.69) is 10.7 Å². The number of amides is 4. The smallest absolute Gasteiger partial charge is 0.318 e. The fraction of sp³-hybridized carbons (Fsp3) is 0.250. The molecule has 0 bridgehead atoms. The summed E-state index contributed by atoms with van der Waals surface area (Å²) >= 11 is 5.97. The number of halogens is 1. The normalized spacial score (nSPS) is 19.1. The highest BCUT2D eigenvalue weighted by Gasteiger charge is 2.49. The molecule has 1 fully saturated rings. The Labute approximate surface area is 168 Å². The van der Waals surface area contributed by atoms with Crippen molar-refractivity contribution in [1.29, 1.82) is 0 Å². The first-order chi connectivity index (χ1) is 13.3. The first-order valence-electron chi connectivity index (χ1n) is 8.74. The van der Waals surface area contributed by atoms with Gasteiger partial charge in [-0.05, 0) is 37.2 Å². The Morgan fingerprint density at radius 2 is 1.89 bits per heavy atom. The van der Waals surface area contributed by atoms with Crippen LogP contribution < -0.4 is 10.7 Å². The van der Waals surface area contributed by atoms with Gasteiger partial charge in [-0.1, -0.05) is 54.1 Å². The van der Waals surface area contributed by atoms with E-state index >= 15 is 0 Å². The van der Waals surface area contributed by atoms with Crippen LogP contribution >= 0.6 is 11.6 Å². The van der Waals surface area contributed by atoms with Crippen molar-refractivity contribution < 1.29 is 14.4 Å². The lowest BCUT2D eigenvalue weighted by Crippen LogP contribution is -2.50. The zero-order valence-electron chi connectivity index (χ0n) is 15.6. The van der Waals surface area contributed by atoms with E-state index in [0.29, 0.717) is 17.1 Å². The standard InChI is InChI=1S/C20H21ClN4O3/c1-20(15-8-4-3-5-9-15)18(27)25(19(28)22-20)23-17(26)13-24(2)12-14-7-6-10-16(21)11-14/h3-11H,12-13H2,1-2H3,(H,22,28)(H,23,26)/t20-/m0/s1. The number of hydrogen-bond acceptors (Lipinski definition) is 4. The molecule has 3 rings (SSSR count). The second-order valence-corrected chi connectivity index (χ2v) is 7.34. The van der Waals surface area contributed by atoms with Crippen molar-refractivity contribution in [2.24, 2.45) is 0 Å². The Bertz CT molecular complexity index is 905. The molecule has 4 amide bonds. The summed E-state index contributed by atoms with van der Waals surface area (Å²) in [5.74, 6) is -1.00. The van der Waals surface area contributed by atoms with Crippen LogP contribution in [0.15, 0.2) is 54.6 Å². The van der Waals surface area contributed by atoms with Crippen molar-refractivity contribution in [2.75, 3.05) is 13.6 Å². The number of nitrogens with zero attached hydrogens (tertiary/aromatic N) is 2. The van der Waals surface area contributed by atoms with Gasteiger partial charge < -0.3 is 5.32 Å². The van der Waals surface area contributed by atoms with Gasteiger partial charge in [0.25, 0.3) is 11.8 Å². The van der Waals surface area contributed by atoms with Gasteiger partial charge in [0.05, 0.1) is 6.54 Å². The molecule has 0 saturated carbocycles. The molecule has 1 aliphatic rings. The van der Waals surface area contributed by atoms with Crippen LogP contribution in [0.4, 0.5) is 4.79 Å². The lowest BCUT2D eigenvalue weighted by molar-refractivity contribution is -0.139. The van der Waals surface area contributed by atoms with E-state index in [0.717, 1.165) is 10.6 Å². The molecule has 2 aromatic rings. The Balaban J connectivity index is 1.62. The summed E-state index contributed by atoms with van der Waals surface area (Å²) < 4.78 is 0. The third-order valence-corrected chi connectivity index (χ3v) is 4.77. The summed E-state index contributed by atoms with van der Waals surface area (Å²) in [6.07, 6.45) is 0. The van der Waals surface area contributed by atoms with Crippen LogP contribution in [0.2, 0.25) is 5.02 Å². The quantitative estimate of drug-likeness (QED) is 0.729. The van der Waals surface area contributed by atoms with Crippen molar-refractivity contribution in [1.82, 2.24) is 20.7 Å². The van der Waals surface area contributed by atoms with Crippen LogP contribution in [0.3, 0.4) is 0 Å². The van der Waals surface area contributed by atoms with Crippen LogP contribution in [0.1, 0.15) is 18.1 Å². The molecule has 2 N–H and O–H groups in total. The van der Waals surface area contributed by atoms with Gasteiger partial charge in [0.15, 0.2) is 0 Å². The fourth-order valence-electron chi connectivity index (χ4n) is 3.12. The SMILES string of the molecule is CN(CC(=O)NN1C(=O)N[C@@](C)(c2ccccc2)C1=O)Cc1cccc(Cl)c1. The highest BCUT2D eigenvalue weighted by molar-refractivity contribution is 6.30. The summed E-state index contributed by atoms with van der Waals surface area (Å²) in [6.45, 7) is 2.11. The van der Waals surface area contributed by atoms with Gasteiger partial charge in [0.2, 0.25) is 0 Å². The number of carbonyl (C=O) groups is 3. The van der Waals surface area contributed by atoms with Crippen molar-refractivity contribution in [3.05, 3.63) is 70.7 Å². The minimum Gasteiger partial charge on any atom is -0.318 e. The topological polar surface area (TPSA) is 81.8 Å². The van der Waals surface area contributed by atoms with Crippen LogP contribution in [0.5, 0.6) is 0 Å². The van der Waals surface area contributed by atoms with Crippen LogP contribution in [-0.2, 0) is 21.7 Å². The van der Waals surface area contributed by atoms with Gasteiger partial charge in [-0.3, -0.25) is 19.9 Å². The van der Waals surface area contributed by atoms with E-state index in [1.807, 2.05) is 24.3 Å². The molecule has 28 heavy (non-hydrogen) atoms. The van der Waals surface area contributed by atoms with E-state index in [1.54, 1.807) is 49.2 Å². The molecule has 0 radical (unpaired) electrons. The number of hydrazine groups is 1. The zero-order chi connectivity index (χ0) is 20.3. The molecule has 1 saturated heterocycles. The number of urea groups is 1. The van der Waals surface area contributed by atoms with Gasteiger partial charge in [-0.25, -0.2) is 4.79 Å². The fourth-order valence-corrected chi connectivity index (χ4v) is 3.33. The predicted molar refractivity (Wildman–Crippen MR) is 105 cm³/mol. The summed E-state index contributed by atoms with van der Waals surface area (Å²) in [4.78, 5) is 39.2. The number of likely N-dealkylation sites (N-methyl/N-ethyl adjacent to an activating group) is 1. The van der Waals surface area contributed by atoms with Gasteiger partial charge in [0, 0.05) is 11.6 Å². The maximum Gasteiger partial charge on any atom is 0.344 e. The third kappa shape index (κ3) is 4.16. The van der Waals surface area contributed by atoms with Crippen molar-refractivity contribution in [2.45, 2.75) is 19.0 Å². The summed E-state index contributed by atoms with van der Waals surface area (Å²) in [7, 11) is 1.76. The van der Waals surface area contributed by atoms with E-state index < -0.39 is 23.4 Å². The summed E-state index contributed by atoms with van der Waals surface area (Å²) in [6, 6.07) is 15.6. The average Bonchev–Trinajstić information content (AvgIpc) is 2.86. The molecule has 1 heterocycles. The second-order valence-electron chi connectivity index (χ2n) is 6.90. The van der Waals surface area contributed by atoms with Crippen molar-refractivity contribution in [3.8, 4) is 0 Å². The first kappa shape index (κ1) is 19.9. The molecule has 0 aromatic heterocycles. The number of hydrogen-bond donors (Lipinski definition) is 2. The van der Waals surface area contributed by atoms with Gasteiger partial charge in [-0.15, -0.1) is 0 Å². The Kier molecular flexibility index (Phi) is 5.67. The summed E-state index contributed by atoms with van der Waals surface area (Å²) in [5, 5.41) is 4.00. The highest BCUT2D eigenvalue weighted by atomic mass is 35.5.